The van der Waals surface area contributed by atoms with Gasteiger partial charge in [-0.25, -0.2) is 9.78 Å². The van der Waals surface area contributed by atoms with E-state index in [4.69, 9.17) is 9.47 Å². The number of rotatable bonds is 10. The van der Waals surface area contributed by atoms with E-state index in [-0.39, 0.29) is 0 Å². The summed E-state index contributed by atoms with van der Waals surface area (Å²) >= 11 is 3.40. The van der Waals surface area contributed by atoms with Crippen molar-refractivity contribution in [1.29, 1.82) is 0 Å². The van der Waals surface area contributed by atoms with E-state index in [1.807, 2.05) is 48.5 Å². The Morgan fingerprint density at radius 1 is 1.03 bits per heavy atom. The topological polar surface area (TPSA) is 76.2 Å². The number of methoxy groups -OCH3 is 1. The Hall–Kier alpha value is -3.10. The lowest BCUT2D eigenvalue weighted by Crippen LogP contribution is -2.24. The molecule has 34 heavy (non-hydrogen) atoms. The van der Waals surface area contributed by atoms with Crippen LogP contribution < -0.4 is 10.1 Å². The second-order valence-electron chi connectivity index (χ2n) is 7.57. The number of para-hydroxylation sites is 2. The van der Waals surface area contributed by atoms with Crippen molar-refractivity contribution in [3.63, 3.8) is 0 Å². The lowest BCUT2D eigenvalue weighted by Gasteiger charge is -2.11. The van der Waals surface area contributed by atoms with Gasteiger partial charge in [-0.15, -0.1) is 11.8 Å². The second-order valence-corrected chi connectivity index (χ2v) is 9.67. The molecule has 1 amide bonds. The van der Waals surface area contributed by atoms with Crippen LogP contribution in [0, 0.1) is 6.92 Å². The van der Waals surface area contributed by atoms with Crippen LogP contribution >= 0.6 is 23.5 Å². The first-order valence-electron chi connectivity index (χ1n) is 10.9. The zero-order valence-corrected chi connectivity index (χ0v) is 20.8. The van der Waals surface area contributed by atoms with Gasteiger partial charge in [0, 0.05) is 22.9 Å². The SMILES string of the molecule is COc1ccc(CNC(=O)OCCSc2cccc(CSc3nc4ccccc4[nH]3)c2C)cc1. The first-order chi connectivity index (χ1) is 16.6. The summed E-state index contributed by atoms with van der Waals surface area (Å²) in [5.41, 5.74) is 5.55. The minimum absolute atomic E-state index is 0.344. The number of aromatic amines is 1. The highest BCUT2D eigenvalue weighted by Gasteiger charge is 2.09. The van der Waals surface area contributed by atoms with E-state index in [1.54, 1.807) is 30.6 Å². The second kappa shape index (κ2) is 11.9. The van der Waals surface area contributed by atoms with E-state index in [0.29, 0.717) is 18.9 Å². The lowest BCUT2D eigenvalue weighted by atomic mass is 10.1. The molecule has 1 aromatic heterocycles. The van der Waals surface area contributed by atoms with Gasteiger partial charge in [0.2, 0.25) is 0 Å². The Balaban J connectivity index is 1.21. The summed E-state index contributed by atoms with van der Waals surface area (Å²) in [4.78, 5) is 21.2. The maximum absolute atomic E-state index is 12.0. The normalized spacial score (nSPS) is 10.9. The lowest BCUT2D eigenvalue weighted by molar-refractivity contribution is 0.152. The number of nitrogens with one attached hydrogen (secondary N) is 2. The van der Waals surface area contributed by atoms with Crippen LogP contribution in [0.4, 0.5) is 4.79 Å². The number of fused-ring (bicyclic) bond motifs is 1. The summed E-state index contributed by atoms with van der Waals surface area (Å²) in [6, 6.07) is 22.0. The highest BCUT2D eigenvalue weighted by atomic mass is 32.2. The fraction of sp³-hybridized carbons (Fsp3) is 0.231. The van der Waals surface area contributed by atoms with Crippen LogP contribution in [0.5, 0.6) is 5.75 Å². The predicted octanol–water partition coefficient (Wildman–Crippen LogP) is 6.19. The highest BCUT2D eigenvalue weighted by Crippen LogP contribution is 2.29. The molecule has 3 aromatic carbocycles. The number of nitrogens with zero attached hydrogens (tertiary/aromatic N) is 1. The average molecular weight is 494 g/mol. The summed E-state index contributed by atoms with van der Waals surface area (Å²) in [5.74, 6) is 2.32. The molecule has 0 aliphatic carbocycles. The number of carbonyl (C=O) groups excluding carboxylic acids is 1. The van der Waals surface area contributed by atoms with Crippen LogP contribution in [0.2, 0.25) is 0 Å². The molecule has 0 bridgehead atoms. The van der Waals surface area contributed by atoms with Gasteiger partial charge in [0.1, 0.15) is 12.4 Å². The summed E-state index contributed by atoms with van der Waals surface area (Å²) in [6.45, 7) is 2.90. The molecule has 4 aromatic rings. The van der Waals surface area contributed by atoms with Gasteiger partial charge in [0.25, 0.3) is 0 Å². The Kier molecular flexibility index (Phi) is 8.38. The van der Waals surface area contributed by atoms with Crippen molar-refractivity contribution >= 4 is 40.7 Å². The van der Waals surface area contributed by atoms with E-state index in [2.05, 4.69) is 40.4 Å². The number of carbonyl (C=O) groups is 1. The summed E-state index contributed by atoms with van der Waals surface area (Å²) < 4.78 is 10.5. The summed E-state index contributed by atoms with van der Waals surface area (Å²) in [7, 11) is 1.63. The molecule has 0 spiro atoms. The summed E-state index contributed by atoms with van der Waals surface area (Å²) in [6.07, 6.45) is -0.413. The van der Waals surface area contributed by atoms with Crippen LogP contribution in [0.25, 0.3) is 11.0 Å². The van der Waals surface area contributed by atoms with E-state index >= 15 is 0 Å². The van der Waals surface area contributed by atoms with E-state index in [9.17, 15) is 4.79 Å². The molecule has 0 aliphatic rings. The monoisotopic (exact) mass is 493 g/mol. The fourth-order valence-electron chi connectivity index (χ4n) is 3.37. The van der Waals surface area contributed by atoms with Crippen molar-refractivity contribution in [2.75, 3.05) is 19.5 Å². The third kappa shape index (κ3) is 6.48. The van der Waals surface area contributed by atoms with Gasteiger partial charge in [0.05, 0.1) is 18.1 Å². The molecule has 4 rings (SSSR count). The molecule has 8 heteroatoms. The van der Waals surface area contributed by atoms with Gasteiger partial charge < -0.3 is 19.8 Å². The molecule has 0 radical (unpaired) electrons. The van der Waals surface area contributed by atoms with Crippen LogP contribution in [0.1, 0.15) is 16.7 Å². The quantitative estimate of drug-likeness (QED) is 0.203. The van der Waals surface area contributed by atoms with Gasteiger partial charge in [-0.2, -0.15) is 0 Å². The predicted molar refractivity (Wildman–Crippen MR) is 139 cm³/mol. The van der Waals surface area contributed by atoms with Gasteiger partial charge >= 0.3 is 6.09 Å². The van der Waals surface area contributed by atoms with Gasteiger partial charge in [-0.1, -0.05) is 48.2 Å². The van der Waals surface area contributed by atoms with Crippen molar-refractivity contribution in [1.82, 2.24) is 15.3 Å². The first-order valence-corrected chi connectivity index (χ1v) is 12.9. The molecule has 1 heterocycles. The summed E-state index contributed by atoms with van der Waals surface area (Å²) in [5, 5.41) is 3.70. The Morgan fingerprint density at radius 3 is 2.65 bits per heavy atom. The standard InChI is InChI=1S/C26H27N3O3S2/c1-18-20(17-34-25-28-22-7-3-4-8-23(22)29-25)6-5-9-24(18)33-15-14-32-26(30)27-16-19-10-12-21(31-2)13-11-19/h3-13H,14-17H2,1-2H3,(H,27,30)(H,28,29). The zero-order chi connectivity index (χ0) is 23.8. The van der Waals surface area contributed by atoms with E-state index in [0.717, 1.165) is 33.3 Å². The first kappa shape index (κ1) is 24.0. The van der Waals surface area contributed by atoms with Crippen LogP contribution in [-0.2, 0) is 17.0 Å². The smallest absolute Gasteiger partial charge is 0.407 e. The van der Waals surface area contributed by atoms with Crippen molar-refractivity contribution in [3.8, 4) is 5.75 Å². The maximum atomic E-state index is 12.0. The number of thioether (sulfide) groups is 2. The minimum Gasteiger partial charge on any atom is -0.497 e. The van der Waals surface area contributed by atoms with Gasteiger partial charge in [-0.3, -0.25) is 0 Å². The third-order valence-corrected chi connectivity index (χ3v) is 7.34. The van der Waals surface area contributed by atoms with Crippen LogP contribution in [-0.4, -0.2) is 35.5 Å². The van der Waals surface area contributed by atoms with Crippen LogP contribution in [0.3, 0.4) is 0 Å². The average Bonchev–Trinajstić information content (AvgIpc) is 3.29. The van der Waals surface area contributed by atoms with E-state index < -0.39 is 6.09 Å². The number of hydrogen-bond acceptors (Lipinski definition) is 6. The molecule has 0 fully saturated rings. The number of benzene rings is 3. The third-order valence-electron chi connectivity index (χ3n) is 5.30. The highest BCUT2D eigenvalue weighted by molar-refractivity contribution is 7.99. The van der Waals surface area contributed by atoms with Gasteiger partial charge in [-0.05, 0) is 53.9 Å². The molecular formula is C26H27N3O3S2. The Bertz CT molecular complexity index is 1210. The van der Waals surface area contributed by atoms with Gasteiger partial charge in [0.15, 0.2) is 5.16 Å². The molecule has 0 saturated heterocycles. The van der Waals surface area contributed by atoms with Crippen molar-refractivity contribution in [3.05, 3.63) is 83.4 Å². The van der Waals surface area contributed by atoms with Crippen molar-refractivity contribution in [2.24, 2.45) is 0 Å². The number of ether oxygens (including phenoxy) is 2. The maximum Gasteiger partial charge on any atom is 0.407 e. The number of alkyl carbamates (subject to hydrolysis) is 1. The van der Waals surface area contributed by atoms with E-state index in [1.165, 1.54) is 16.0 Å². The van der Waals surface area contributed by atoms with Crippen molar-refractivity contribution in [2.45, 2.75) is 29.3 Å². The molecule has 0 atom stereocenters. The minimum atomic E-state index is -0.413. The Morgan fingerprint density at radius 2 is 1.85 bits per heavy atom. The van der Waals surface area contributed by atoms with Crippen molar-refractivity contribution < 1.29 is 14.3 Å². The molecule has 176 valence electrons. The number of amides is 1. The molecule has 0 aliphatic heterocycles. The molecule has 6 nitrogen and oxygen atoms in total. The number of aromatic nitrogens is 2. The van der Waals surface area contributed by atoms with Crippen LogP contribution in [0.15, 0.2) is 76.8 Å². The zero-order valence-electron chi connectivity index (χ0n) is 19.2. The fourth-order valence-corrected chi connectivity index (χ4v) is 5.23. The molecule has 0 saturated carbocycles. The Labute approximate surface area is 207 Å². The molecule has 0 unspecified atom stereocenters. The number of hydrogen-bond donors (Lipinski definition) is 2. The largest absolute Gasteiger partial charge is 0.497 e. The molecular weight excluding hydrogens is 466 g/mol. The molecule has 2 N–H and O–H groups in total. The number of imidazole rings is 1. The number of H-pyrrole nitrogens is 1.